The SMILES string of the molecule is COc1cc(C(O)C(O)CNC(=O)OCC2c3ccccc3-c3ccccc32)ccc1N. The number of alkyl carbamates (subject to hydrolysis) is 1. The van der Waals surface area contributed by atoms with E-state index in [0.717, 1.165) is 22.3 Å². The molecule has 0 aromatic heterocycles. The van der Waals surface area contributed by atoms with Crippen LogP contribution in [0.1, 0.15) is 28.7 Å². The number of nitrogens with one attached hydrogen (secondary N) is 1. The van der Waals surface area contributed by atoms with Gasteiger partial charge in [0.2, 0.25) is 0 Å². The fourth-order valence-electron chi connectivity index (χ4n) is 4.08. The highest BCUT2D eigenvalue weighted by molar-refractivity contribution is 5.79. The van der Waals surface area contributed by atoms with Crippen LogP contribution in [-0.4, -0.2) is 42.7 Å². The number of ether oxygens (including phenoxy) is 2. The van der Waals surface area contributed by atoms with Crippen molar-refractivity contribution in [2.75, 3.05) is 26.0 Å². The second-order valence-corrected chi connectivity index (χ2v) is 7.72. The van der Waals surface area contributed by atoms with E-state index < -0.39 is 18.3 Å². The highest BCUT2D eigenvalue weighted by Gasteiger charge is 2.29. The van der Waals surface area contributed by atoms with E-state index in [9.17, 15) is 15.0 Å². The molecule has 32 heavy (non-hydrogen) atoms. The van der Waals surface area contributed by atoms with Gasteiger partial charge in [-0.2, -0.15) is 0 Å². The summed E-state index contributed by atoms with van der Waals surface area (Å²) in [5.41, 5.74) is 11.2. The molecule has 1 aliphatic carbocycles. The normalized spacial score (nSPS) is 14.2. The van der Waals surface area contributed by atoms with Crippen LogP contribution >= 0.6 is 0 Å². The van der Waals surface area contributed by atoms with Crippen molar-refractivity contribution < 1.29 is 24.5 Å². The molecule has 7 nitrogen and oxygen atoms in total. The van der Waals surface area contributed by atoms with E-state index in [1.807, 2.05) is 36.4 Å². The van der Waals surface area contributed by atoms with Crippen molar-refractivity contribution >= 4 is 11.8 Å². The third-order valence-corrected chi connectivity index (χ3v) is 5.76. The van der Waals surface area contributed by atoms with E-state index >= 15 is 0 Å². The second-order valence-electron chi connectivity index (χ2n) is 7.72. The van der Waals surface area contributed by atoms with Crippen molar-refractivity contribution in [1.29, 1.82) is 0 Å². The third kappa shape index (κ3) is 4.26. The van der Waals surface area contributed by atoms with Gasteiger partial charge in [-0.25, -0.2) is 4.79 Å². The molecule has 3 aromatic carbocycles. The average Bonchev–Trinajstić information content (AvgIpc) is 3.14. The van der Waals surface area contributed by atoms with Crippen LogP contribution in [-0.2, 0) is 4.74 Å². The number of methoxy groups -OCH3 is 1. The first kappa shape index (κ1) is 21.7. The molecule has 0 fully saturated rings. The zero-order valence-corrected chi connectivity index (χ0v) is 17.7. The molecule has 1 aliphatic rings. The Morgan fingerprint density at radius 2 is 1.66 bits per heavy atom. The van der Waals surface area contributed by atoms with E-state index in [1.165, 1.54) is 7.11 Å². The predicted octanol–water partition coefficient (Wildman–Crippen LogP) is 3.21. The van der Waals surface area contributed by atoms with Crippen LogP contribution in [0.25, 0.3) is 11.1 Å². The molecule has 3 aromatic rings. The zero-order valence-electron chi connectivity index (χ0n) is 17.7. The summed E-state index contributed by atoms with van der Waals surface area (Å²) in [4.78, 5) is 12.3. The Kier molecular flexibility index (Phi) is 6.30. The molecule has 166 valence electrons. The zero-order chi connectivity index (χ0) is 22.7. The average molecular weight is 434 g/mol. The van der Waals surface area contributed by atoms with E-state index in [0.29, 0.717) is 17.0 Å². The van der Waals surface area contributed by atoms with Gasteiger partial charge in [0.1, 0.15) is 24.6 Å². The van der Waals surface area contributed by atoms with Gasteiger partial charge in [-0.15, -0.1) is 0 Å². The monoisotopic (exact) mass is 434 g/mol. The molecule has 7 heteroatoms. The van der Waals surface area contributed by atoms with Gasteiger partial charge >= 0.3 is 6.09 Å². The minimum atomic E-state index is -1.23. The maximum absolute atomic E-state index is 12.3. The summed E-state index contributed by atoms with van der Waals surface area (Å²) in [5.74, 6) is 0.351. The van der Waals surface area contributed by atoms with Crippen molar-refractivity contribution in [1.82, 2.24) is 5.32 Å². The summed E-state index contributed by atoms with van der Waals surface area (Å²) >= 11 is 0. The lowest BCUT2D eigenvalue weighted by Crippen LogP contribution is -2.36. The summed E-state index contributed by atoms with van der Waals surface area (Å²) in [6, 6.07) is 20.9. The van der Waals surface area contributed by atoms with Gasteiger partial charge in [-0.3, -0.25) is 0 Å². The first-order valence-electron chi connectivity index (χ1n) is 10.4. The number of aliphatic hydroxyl groups is 2. The largest absolute Gasteiger partial charge is 0.495 e. The molecule has 0 spiro atoms. The number of nitrogens with two attached hydrogens (primary N) is 1. The number of hydrogen-bond acceptors (Lipinski definition) is 6. The molecule has 0 saturated heterocycles. The summed E-state index contributed by atoms with van der Waals surface area (Å²) in [6.07, 6.45) is -3.12. The molecule has 0 radical (unpaired) electrons. The lowest BCUT2D eigenvalue weighted by Gasteiger charge is -2.20. The highest BCUT2D eigenvalue weighted by atomic mass is 16.5. The van der Waals surface area contributed by atoms with Crippen LogP contribution in [0.2, 0.25) is 0 Å². The molecule has 2 atom stereocenters. The molecule has 2 unspecified atom stereocenters. The Morgan fingerprint density at radius 1 is 1.03 bits per heavy atom. The number of rotatable bonds is 7. The van der Waals surface area contributed by atoms with E-state index in [1.54, 1.807) is 18.2 Å². The third-order valence-electron chi connectivity index (χ3n) is 5.76. The van der Waals surface area contributed by atoms with Gasteiger partial charge in [0.05, 0.1) is 12.8 Å². The molecule has 0 heterocycles. The number of hydrogen-bond donors (Lipinski definition) is 4. The van der Waals surface area contributed by atoms with E-state index in [2.05, 4.69) is 17.4 Å². The molecule has 0 saturated carbocycles. The minimum Gasteiger partial charge on any atom is -0.495 e. The first-order chi connectivity index (χ1) is 15.5. The Balaban J connectivity index is 1.34. The molecule has 1 amide bonds. The van der Waals surface area contributed by atoms with Crippen molar-refractivity contribution in [2.45, 2.75) is 18.1 Å². The maximum Gasteiger partial charge on any atom is 0.407 e. The number of benzene rings is 3. The lowest BCUT2D eigenvalue weighted by atomic mass is 9.98. The van der Waals surface area contributed by atoms with Crippen molar-refractivity contribution in [2.24, 2.45) is 0 Å². The summed E-state index contributed by atoms with van der Waals surface area (Å²) in [7, 11) is 1.47. The fourth-order valence-corrected chi connectivity index (χ4v) is 4.08. The summed E-state index contributed by atoms with van der Waals surface area (Å²) in [5, 5.41) is 23.2. The molecule has 5 N–H and O–H groups in total. The number of nitrogen functional groups attached to an aromatic ring is 1. The van der Waals surface area contributed by atoms with Crippen LogP contribution in [0.15, 0.2) is 66.7 Å². The van der Waals surface area contributed by atoms with Crippen molar-refractivity contribution in [3.05, 3.63) is 83.4 Å². The first-order valence-corrected chi connectivity index (χ1v) is 10.4. The highest BCUT2D eigenvalue weighted by Crippen LogP contribution is 2.44. The van der Waals surface area contributed by atoms with Crippen molar-refractivity contribution in [3.8, 4) is 16.9 Å². The quantitative estimate of drug-likeness (QED) is 0.425. The van der Waals surface area contributed by atoms with Crippen LogP contribution in [0, 0.1) is 0 Å². The number of aliphatic hydroxyl groups excluding tert-OH is 2. The van der Waals surface area contributed by atoms with E-state index in [4.69, 9.17) is 15.2 Å². The standard InChI is InChI=1S/C25H26N2O5/c1-31-23-12-15(10-11-21(23)26)24(29)22(28)13-27-25(30)32-14-20-18-8-4-2-6-16(18)17-7-3-5-9-19(17)20/h2-12,20,22,24,28-29H,13-14,26H2,1H3,(H,27,30). The van der Waals surface area contributed by atoms with E-state index in [-0.39, 0.29) is 19.1 Å². The molecule has 0 bridgehead atoms. The smallest absolute Gasteiger partial charge is 0.407 e. The Bertz CT molecular complexity index is 1070. The topological polar surface area (TPSA) is 114 Å². The second kappa shape index (κ2) is 9.30. The van der Waals surface area contributed by atoms with Gasteiger partial charge in [-0.1, -0.05) is 54.6 Å². The van der Waals surface area contributed by atoms with Gasteiger partial charge in [0.15, 0.2) is 0 Å². The maximum atomic E-state index is 12.3. The van der Waals surface area contributed by atoms with Gasteiger partial charge in [-0.05, 0) is 39.9 Å². The van der Waals surface area contributed by atoms with Gasteiger partial charge in [0.25, 0.3) is 0 Å². The molecule has 0 aliphatic heterocycles. The number of amides is 1. The van der Waals surface area contributed by atoms with Crippen LogP contribution in [0.4, 0.5) is 10.5 Å². The Hall–Kier alpha value is -3.55. The lowest BCUT2D eigenvalue weighted by molar-refractivity contribution is 0.0184. The Labute approximate surface area is 186 Å². The number of carbonyl (C=O) groups is 1. The number of carbonyl (C=O) groups excluding carboxylic acids is 1. The molecule has 4 rings (SSSR count). The van der Waals surface area contributed by atoms with Crippen LogP contribution < -0.4 is 15.8 Å². The van der Waals surface area contributed by atoms with Crippen LogP contribution in [0.3, 0.4) is 0 Å². The predicted molar refractivity (Wildman–Crippen MR) is 121 cm³/mol. The number of fused-ring (bicyclic) bond motifs is 3. The molecular formula is C25H26N2O5. The molecular weight excluding hydrogens is 408 g/mol. The van der Waals surface area contributed by atoms with Crippen molar-refractivity contribution in [3.63, 3.8) is 0 Å². The van der Waals surface area contributed by atoms with Crippen LogP contribution in [0.5, 0.6) is 5.75 Å². The summed E-state index contributed by atoms with van der Waals surface area (Å²) in [6.45, 7) is -0.00178. The van der Waals surface area contributed by atoms with Gasteiger partial charge in [0, 0.05) is 12.5 Å². The van der Waals surface area contributed by atoms with Gasteiger partial charge < -0.3 is 30.7 Å². The minimum absolute atomic E-state index is 0.0501. The number of anilines is 1. The fraction of sp³-hybridized carbons (Fsp3) is 0.240. The summed E-state index contributed by atoms with van der Waals surface area (Å²) < 4.78 is 10.6. The Morgan fingerprint density at radius 3 is 2.28 bits per heavy atom.